The van der Waals surface area contributed by atoms with Gasteiger partial charge in [-0.2, -0.15) is 0 Å². The molecule has 1 heterocycles. The van der Waals surface area contributed by atoms with Crippen LogP contribution in [0.2, 0.25) is 0 Å². The Balaban J connectivity index is 2.47. The van der Waals surface area contributed by atoms with Gasteiger partial charge in [0.05, 0.1) is 6.04 Å². The Morgan fingerprint density at radius 2 is 1.43 bits per heavy atom. The van der Waals surface area contributed by atoms with Gasteiger partial charge in [0.1, 0.15) is 5.69 Å². The number of hydrogen-bond acceptors (Lipinski definition) is 2. The smallest absolute Gasteiger partial charge is 0.200 e. The maximum absolute atomic E-state index is 13.7. The largest absolute Gasteiger partial charge is 0.372 e. The van der Waals surface area contributed by atoms with E-state index in [1.807, 2.05) is 0 Å². The zero-order valence-electron chi connectivity index (χ0n) is 11.2. The predicted molar refractivity (Wildman–Crippen MR) is 71.8 cm³/mol. The summed E-state index contributed by atoms with van der Waals surface area (Å²) in [7, 11) is 0. The molecule has 114 valence electrons. The molecule has 0 radical (unpaired) electrons. The Kier molecular flexibility index (Phi) is 4.51. The summed E-state index contributed by atoms with van der Waals surface area (Å²) in [5.41, 5.74) is -1.00. The highest BCUT2D eigenvalue weighted by atomic mass is 32.1. The van der Waals surface area contributed by atoms with E-state index in [0.717, 1.165) is 4.88 Å². The highest BCUT2D eigenvalue weighted by Crippen LogP contribution is 2.34. The van der Waals surface area contributed by atoms with Crippen LogP contribution in [0, 0.1) is 35.0 Å². The summed E-state index contributed by atoms with van der Waals surface area (Å²) in [5.74, 6) is -9.89. The zero-order chi connectivity index (χ0) is 15.7. The van der Waals surface area contributed by atoms with Crippen molar-refractivity contribution in [3.05, 3.63) is 51.5 Å². The van der Waals surface area contributed by atoms with Crippen molar-refractivity contribution < 1.29 is 22.0 Å². The first-order valence-electron chi connectivity index (χ1n) is 6.16. The van der Waals surface area contributed by atoms with E-state index in [9.17, 15) is 22.0 Å². The lowest BCUT2D eigenvalue weighted by molar-refractivity contribution is 0.379. The number of anilines is 1. The topological polar surface area (TPSA) is 12.0 Å². The Morgan fingerprint density at radius 1 is 0.905 bits per heavy atom. The van der Waals surface area contributed by atoms with E-state index in [2.05, 4.69) is 5.32 Å². The fourth-order valence-electron chi connectivity index (χ4n) is 1.92. The molecule has 0 aliphatic heterocycles. The highest BCUT2D eigenvalue weighted by molar-refractivity contribution is 7.10. The summed E-state index contributed by atoms with van der Waals surface area (Å²) in [6, 6.07) is 2.92. The van der Waals surface area contributed by atoms with Crippen molar-refractivity contribution in [2.75, 3.05) is 5.32 Å². The van der Waals surface area contributed by atoms with Gasteiger partial charge in [0.25, 0.3) is 0 Å². The van der Waals surface area contributed by atoms with Crippen LogP contribution in [0.15, 0.2) is 17.5 Å². The minimum atomic E-state index is -2.16. The first-order valence-corrected chi connectivity index (χ1v) is 7.04. The monoisotopic (exact) mass is 321 g/mol. The second-order valence-electron chi connectivity index (χ2n) is 4.83. The Labute approximate surface area is 122 Å². The van der Waals surface area contributed by atoms with Crippen LogP contribution >= 0.6 is 11.3 Å². The molecule has 1 atom stereocenters. The fourth-order valence-corrected chi connectivity index (χ4v) is 2.87. The molecule has 21 heavy (non-hydrogen) atoms. The van der Waals surface area contributed by atoms with Crippen molar-refractivity contribution >= 4 is 17.0 Å². The van der Waals surface area contributed by atoms with Gasteiger partial charge in [-0.15, -0.1) is 11.3 Å². The fraction of sp³-hybridized carbons (Fsp3) is 0.286. The Morgan fingerprint density at radius 3 is 1.86 bits per heavy atom. The maximum Gasteiger partial charge on any atom is 0.200 e. The molecule has 1 unspecified atom stereocenters. The van der Waals surface area contributed by atoms with Crippen LogP contribution in [0.4, 0.5) is 27.6 Å². The second-order valence-corrected chi connectivity index (χ2v) is 5.81. The third kappa shape index (κ3) is 2.88. The molecule has 1 N–H and O–H groups in total. The Hall–Kier alpha value is -1.63. The van der Waals surface area contributed by atoms with E-state index in [0.29, 0.717) is 0 Å². The molecule has 2 aromatic rings. The molecular formula is C14H12F5NS. The summed E-state index contributed by atoms with van der Waals surface area (Å²) < 4.78 is 66.8. The van der Waals surface area contributed by atoms with Crippen molar-refractivity contribution in [3.8, 4) is 0 Å². The van der Waals surface area contributed by atoms with Crippen molar-refractivity contribution in [2.45, 2.75) is 19.9 Å². The average molecular weight is 321 g/mol. The molecule has 0 aliphatic carbocycles. The summed E-state index contributed by atoms with van der Waals surface area (Å²) in [4.78, 5) is 0.744. The lowest BCUT2D eigenvalue weighted by Crippen LogP contribution is -2.19. The molecule has 1 aromatic carbocycles. The molecule has 0 saturated carbocycles. The van der Waals surface area contributed by atoms with Crippen molar-refractivity contribution in [1.29, 1.82) is 0 Å². The number of nitrogens with one attached hydrogen (secondary N) is 1. The van der Waals surface area contributed by atoms with E-state index in [1.54, 1.807) is 31.4 Å². The van der Waals surface area contributed by atoms with E-state index < -0.39 is 40.8 Å². The lowest BCUT2D eigenvalue weighted by atomic mass is 10.0. The summed E-state index contributed by atoms with van der Waals surface area (Å²) in [6.07, 6.45) is 0. The van der Waals surface area contributed by atoms with Crippen molar-refractivity contribution in [3.63, 3.8) is 0 Å². The number of halogens is 5. The SMILES string of the molecule is CC(C)C(Nc1c(F)c(F)c(F)c(F)c1F)c1cccs1. The van der Waals surface area contributed by atoms with Crippen LogP contribution in [0.1, 0.15) is 24.8 Å². The van der Waals surface area contributed by atoms with Gasteiger partial charge in [0.2, 0.25) is 5.82 Å². The minimum absolute atomic E-state index is 0.112. The standard InChI is InChI=1S/C14H12F5NS/c1-6(2)13(7-4-3-5-21-7)20-14-11(18)9(16)8(15)10(17)12(14)19/h3-6,13,20H,1-2H3. The van der Waals surface area contributed by atoms with Crippen LogP contribution in [-0.2, 0) is 0 Å². The van der Waals surface area contributed by atoms with Gasteiger partial charge in [-0.05, 0) is 17.4 Å². The molecule has 2 rings (SSSR count). The lowest BCUT2D eigenvalue weighted by Gasteiger charge is -2.23. The molecule has 1 aromatic heterocycles. The van der Waals surface area contributed by atoms with Crippen LogP contribution in [-0.4, -0.2) is 0 Å². The molecule has 0 saturated heterocycles. The van der Waals surface area contributed by atoms with Gasteiger partial charge in [-0.25, -0.2) is 22.0 Å². The van der Waals surface area contributed by atoms with Gasteiger partial charge in [-0.1, -0.05) is 19.9 Å². The zero-order valence-corrected chi connectivity index (χ0v) is 12.0. The van der Waals surface area contributed by atoms with Crippen molar-refractivity contribution in [1.82, 2.24) is 0 Å². The first-order chi connectivity index (χ1) is 9.84. The van der Waals surface area contributed by atoms with Gasteiger partial charge in [-0.3, -0.25) is 0 Å². The first kappa shape index (κ1) is 15.8. The van der Waals surface area contributed by atoms with Gasteiger partial charge < -0.3 is 5.32 Å². The third-order valence-electron chi connectivity index (χ3n) is 3.03. The number of thiophene rings is 1. The molecule has 7 heteroatoms. The molecule has 0 amide bonds. The second kappa shape index (κ2) is 6.01. The minimum Gasteiger partial charge on any atom is -0.372 e. The molecule has 0 fully saturated rings. The van der Waals surface area contributed by atoms with Crippen molar-refractivity contribution in [2.24, 2.45) is 5.92 Å². The number of rotatable bonds is 4. The van der Waals surface area contributed by atoms with Crippen LogP contribution in [0.5, 0.6) is 0 Å². The van der Waals surface area contributed by atoms with Crippen LogP contribution < -0.4 is 5.32 Å². The van der Waals surface area contributed by atoms with Crippen LogP contribution in [0.25, 0.3) is 0 Å². The van der Waals surface area contributed by atoms with Gasteiger partial charge in [0.15, 0.2) is 23.3 Å². The van der Waals surface area contributed by atoms with Gasteiger partial charge >= 0.3 is 0 Å². The third-order valence-corrected chi connectivity index (χ3v) is 3.98. The van der Waals surface area contributed by atoms with E-state index in [4.69, 9.17) is 0 Å². The highest BCUT2D eigenvalue weighted by Gasteiger charge is 2.28. The van der Waals surface area contributed by atoms with Gasteiger partial charge in [0, 0.05) is 4.88 Å². The molecule has 0 spiro atoms. The Bertz CT molecular complexity index is 610. The predicted octanol–water partition coefficient (Wildman–Crippen LogP) is 5.25. The molecule has 1 nitrogen and oxygen atoms in total. The molecule has 0 aliphatic rings. The van der Waals surface area contributed by atoms with E-state index in [-0.39, 0.29) is 5.92 Å². The van der Waals surface area contributed by atoms with Crippen LogP contribution in [0.3, 0.4) is 0 Å². The quantitative estimate of drug-likeness (QED) is 0.460. The van der Waals surface area contributed by atoms with E-state index in [1.165, 1.54) is 11.3 Å². The average Bonchev–Trinajstić information content (AvgIpc) is 2.96. The maximum atomic E-state index is 13.7. The summed E-state index contributed by atoms with van der Waals surface area (Å²) >= 11 is 1.33. The summed E-state index contributed by atoms with van der Waals surface area (Å²) in [5, 5.41) is 4.21. The summed E-state index contributed by atoms with van der Waals surface area (Å²) in [6.45, 7) is 3.56. The van der Waals surface area contributed by atoms with E-state index >= 15 is 0 Å². The number of hydrogen-bond donors (Lipinski definition) is 1. The number of benzene rings is 1. The molecule has 0 bridgehead atoms. The molecular weight excluding hydrogens is 309 g/mol. The normalized spacial score (nSPS) is 12.8.